The second-order valence-electron chi connectivity index (χ2n) is 5.76. The summed E-state index contributed by atoms with van der Waals surface area (Å²) in [6.07, 6.45) is 1.24. The minimum atomic E-state index is -0.445. The van der Waals surface area contributed by atoms with E-state index in [9.17, 15) is 9.59 Å². The molecule has 3 rings (SSSR count). The van der Waals surface area contributed by atoms with Crippen LogP contribution in [0.25, 0.3) is 0 Å². The summed E-state index contributed by atoms with van der Waals surface area (Å²) >= 11 is 1.42. The first-order chi connectivity index (χ1) is 12.5. The van der Waals surface area contributed by atoms with E-state index >= 15 is 0 Å². The molecule has 8 heteroatoms. The minimum Gasteiger partial charge on any atom is -0.395 e. The van der Waals surface area contributed by atoms with Gasteiger partial charge in [0.25, 0.3) is 11.8 Å². The molecule has 2 N–H and O–H groups in total. The summed E-state index contributed by atoms with van der Waals surface area (Å²) in [5.41, 5.74) is 2.67. The third-order valence-corrected chi connectivity index (χ3v) is 4.47. The van der Waals surface area contributed by atoms with Gasteiger partial charge in [0, 0.05) is 28.0 Å². The monoisotopic (exact) mass is 370 g/mol. The molecule has 1 aliphatic heterocycles. The summed E-state index contributed by atoms with van der Waals surface area (Å²) in [5.74, 6) is -0.875. The molecular formula is C18H18N4O3S. The Bertz CT molecular complexity index is 878. The molecule has 0 fully saturated rings. The lowest BCUT2D eigenvalue weighted by Gasteiger charge is -2.13. The standard InChI is InChI=1S/C18H18N4O3S/c1-11-8-12(2)20-18(19-11)26-14-5-3-4-13(9-14)21-15-10-16(24)22(6-7-23)17(15)25/h3-5,8-10,21,23H,6-7H2,1-2H3. The Morgan fingerprint density at radius 3 is 2.58 bits per heavy atom. The number of aliphatic hydroxyl groups is 1. The fourth-order valence-electron chi connectivity index (χ4n) is 2.55. The maximum Gasteiger partial charge on any atom is 0.277 e. The van der Waals surface area contributed by atoms with E-state index < -0.39 is 11.8 Å². The molecule has 0 atom stereocenters. The largest absolute Gasteiger partial charge is 0.395 e. The Morgan fingerprint density at radius 1 is 1.15 bits per heavy atom. The molecule has 1 aromatic heterocycles. The van der Waals surface area contributed by atoms with Crippen LogP contribution in [0.5, 0.6) is 0 Å². The molecule has 134 valence electrons. The maximum atomic E-state index is 12.2. The van der Waals surface area contributed by atoms with E-state index in [0.717, 1.165) is 21.2 Å². The average Bonchev–Trinajstić information content (AvgIpc) is 2.82. The summed E-state index contributed by atoms with van der Waals surface area (Å²) < 4.78 is 0. The van der Waals surface area contributed by atoms with Crippen molar-refractivity contribution < 1.29 is 14.7 Å². The van der Waals surface area contributed by atoms with Gasteiger partial charge in [-0.05, 0) is 49.9 Å². The highest BCUT2D eigenvalue weighted by Crippen LogP contribution is 2.28. The Morgan fingerprint density at radius 2 is 1.88 bits per heavy atom. The second kappa shape index (κ2) is 7.67. The third-order valence-electron chi connectivity index (χ3n) is 3.62. The maximum absolute atomic E-state index is 12.2. The number of nitrogens with zero attached hydrogens (tertiary/aromatic N) is 3. The van der Waals surface area contributed by atoms with Crippen LogP contribution in [0.15, 0.2) is 52.2 Å². The van der Waals surface area contributed by atoms with Gasteiger partial charge >= 0.3 is 0 Å². The zero-order chi connectivity index (χ0) is 18.7. The number of hydrogen-bond acceptors (Lipinski definition) is 7. The van der Waals surface area contributed by atoms with E-state index in [2.05, 4.69) is 15.3 Å². The number of nitrogens with one attached hydrogen (secondary N) is 1. The Kier molecular flexibility index (Phi) is 5.34. The van der Waals surface area contributed by atoms with Gasteiger partial charge in [0.05, 0.1) is 13.2 Å². The van der Waals surface area contributed by atoms with Crippen molar-refractivity contribution in [2.75, 3.05) is 18.5 Å². The van der Waals surface area contributed by atoms with Gasteiger partial charge in [0.1, 0.15) is 5.70 Å². The molecule has 26 heavy (non-hydrogen) atoms. The summed E-state index contributed by atoms with van der Waals surface area (Å²) in [4.78, 5) is 34.7. The molecule has 0 bridgehead atoms. The molecule has 1 aliphatic rings. The van der Waals surface area contributed by atoms with E-state index in [0.29, 0.717) is 10.8 Å². The lowest BCUT2D eigenvalue weighted by atomic mass is 10.3. The van der Waals surface area contributed by atoms with Crippen LogP contribution in [0.4, 0.5) is 5.69 Å². The van der Waals surface area contributed by atoms with E-state index in [4.69, 9.17) is 5.11 Å². The van der Waals surface area contributed by atoms with Gasteiger partial charge in [0.15, 0.2) is 5.16 Å². The summed E-state index contributed by atoms with van der Waals surface area (Å²) in [6, 6.07) is 9.35. The Balaban J connectivity index is 1.75. The van der Waals surface area contributed by atoms with Crippen LogP contribution in [-0.4, -0.2) is 44.9 Å². The highest BCUT2D eigenvalue weighted by molar-refractivity contribution is 7.99. The molecule has 2 aromatic rings. The van der Waals surface area contributed by atoms with Crippen molar-refractivity contribution in [1.82, 2.24) is 14.9 Å². The lowest BCUT2D eigenvalue weighted by Crippen LogP contribution is -2.34. The van der Waals surface area contributed by atoms with Crippen LogP contribution in [0, 0.1) is 13.8 Å². The van der Waals surface area contributed by atoms with E-state index in [1.807, 2.05) is 38.1 Å². The van der Waals surface area contributed by atoms with E-state index in [-0.39, 0.29) is 18.8 Å². The average molecular weight is 370 g/mol. The number of aliphatic hydroxyl groups excluding tert-OH is 1. The predicted octanol–water partition coefficient (Wildman–Crippen LogP) is 1.90. The fourth-order valence-corrected chi connectivity index (χ4v) is 3.47. The molecule has 0 radical (unpaired) electrons. The fraction of sp³-hybridized carbons (Fsp3) is 0.222. The number of β-amino-alcohol motifs (C(OH)–C–C–N with tert-alkyl or cyclic N) is 1. The molecule has 0 aliphatic carbocycles. The number of aromatic nitrogens is 2. The molecule has 2 amide bonds. The molecule has 1 aromatic carbocycles. The molecule has 0 unspecified atom stereocenters. The first kappa shape index (κ1) is 18.1. The summed E-state index contributed by atoms with van der Waals surface area (Å²) in [6.45, 7) is 3.56. The van der Waals surface area contributed by atoms with Crippen molar-refractivity contribution in [2.45, 2.75) is 23.9 Å². The smallest absolute Gasteiger partial charge is 0.277 e. The molecule has 0 saturated heterocycles. The number of carbonyl (C=O) groups excluding carboxylic acids is 2. The van der Waals surface area contributed by atoms with Crippen LogP contribution in [0.3, 0.4) is 0 Å². The van der Waals surface area contributed by atoms with E-state index in [1.54, 1.807) is 6.07 Å². The molecule has 0 spiro atoms. The zero-order valence-corrected chi connectivity index (χ0v) is 15.2. The van der Waals surface area contributed by atoms with Gasteiger partial charge in [-0.1, -0.05) is 6.07 Å². The topological polar surface area (TPSA) is 95.4 Å². The van der Waals surface area contributed by atoms with Crippen molar-refractivity contribution in [1.29, 1.82) is 0 Å². The van der Waals surface area contributed by atoms with Crippen molar-refractivity contribution in [2.24, 2.45) is 0 Å². The molecular weight excluding hydrogens is 352 g/mol. The van der Waals surface area contributed by atoms with Crippen LogP contribution in [0.1, 0.15) is 11.4 Å². The molecule has 7 nitrogen and oxygen atoms in total. The zero-order valence-electron chi connectivity index (χ0n) is 14.4. The minimum absolute atomic E-state index is 0.0146. The quantitative estimate of drug-likeness (QED) is 0.592. The van der Waals surface area contributed by atoms with Crippen molar-refractivity contribution in [3.05, 3.63) is 53.5 Å². The van der Waals surface area contributed by atoms with Crippen LogP contribution >= 0.6 is 11.8 Å². The van der Waals surface area contributed by atoms with Crippen LogP contribution < -0.4 is 5.32 Å². The van der Waals surface area contributed by atoms with Gasteiger partial charge in [-0.15, -0.1) is 0 Å². The number of rotatable bonds is 6. The van der Waals surface area contributed by atoms with Gasteiger partial charge < -0.3 is 10.4 Å². The number of anilines is 1. The van der Waals surface area contributed by atoms with Crippen LogP contribution in [-0.2, 0) is 9.59 Å². The number of carbonyl (C=O) groups is 2. The number of aryl methyl sites for hydroxylation is 2. The Labute approximate surface area is 155 Å². The van der Waals surface area contributed by atoms with Crippen LogP contribution in [0.2, 0.25) is 0 Å². The normalized spacial score (nSPS) is 14.0. The highest BCUT2D eigenvalue weighted by Gasteiger charge is 2.30. The highest BCUT2D eigenvalue weighted by atomic mass is 32.2. The van der Waals surface area contributed by atoms with Crippen molar-refractivity contribution in [3.8, 4) is 0 Å². The number of amides is 2. The first-order valence-corrected chi connectivity index (χ1v) is 8.83. The van der Waals surface area contributed by atoms with Gasteiger partial charge in [0.2, 0.25) is 0 Å². The van der Waals surface area contributed by atoms with E-state index in [1.165, 1.54) is 17.8 Å². The number of hydrogen-bond donors (Lipinski definition) is 2. The third kappa shape index (κ3) is 4.09. The van der Waals surface area contributed by atoms with Crippen molar-refractivity contribution in [3.63, 3.8) is 0 Å². The molecule has 2 heterocycles. The second-order valence-corrected chi connectivity index (χ2v) is 6.81. The number of benzene rings is 1. The summed E-state index contributed by atoms with van der Waals surface area (Å²) in [5, 5.41) is 12.6. The SMILES string of the molecule is Cc1cc(C)nc(Sc2cccc(NC3=CC(=O)N(CCO)C3=O)c2)n1. The van der Waals surface area contributed by atoms with Gasteiger partial charge in [-0.2, -0.15) is 0 Å². The summed E-state index contributed by atoms with van der Waals surface area (Å²) in [7, 11) is 0. The molecule has 0 saturated carbocycles. The van der Waals surface area contributed by atoms with Gasteiger partial charge in [-0.3, -0.25) is 14.5 Å². The lowest BCUT2D eigenvalue weighted by molar-refractivity contribution is -0.137. The predicted molar refractivity (Wildman–Crippen MR) is 97.6 cm³/mol. The first-order valence-electron chi connectivity index (χ1n) is 8.02. The van der Waals surface area contributed by atoms with Crippen molar-refractivity contribution >= 4 is 29.3 Å². The van der Waals surface area contributed by atoms with Gasteiger partial charge in [-0.25, -0.2) is 9.97 Å². The number of imide groups is 1. The Hall–Kier alpha value is -2.71.